The molecular weight excluding hydrogens is 326 g/mol. The van der Waals surface area contributed by atoms with Crippen molar-refractivity contribution < 1.29 is 4.79 Å². The number of fused-ring (bicyclic) bond motifs is 1. The van der Waals surface area contributed by atoms with Crippen molar-refractivity contribution in [3.63, 3.8) is 0 Å². The maximum atomic E-state index is 12.6. The standard InChI is InChI=1S/C20H21N5O/c1-14-21-12-16-17(22-14)8-5-9-18(16)23-20(26)19-10-11-25(24-19)13-15-6-3-2-4-7-15/h2-4,6-7,10-12,18H,5,8-9,13H2,1H3,(H,23,26). The molecule has 0 bridgehead atoms. The number of aryl methyl sites for hydroxylation is 2. The van der Waals surface area contributed by atoms with E-state index in [1.807, 2.05) is 49.6 Å². The number of nitrogens with one attached hydrogen (secondary N) is 1. The summed E-state index contributed by atoms with van der Waals surface area (Å²) in [5.74, 6) is 0.616. The van der Waals surface area contributed by atoms with Crippen LogP contribution in [0.3, 0.4) is 0 Å². The molecular formula is C20H21N5O. The van der Waals surface area contributed by atoms with E-state index < -0.39 is 0 Å². The van der Waals surface area contributed by atoms with Crippen molar-refractivity contribution in [1.82, 2.24) is 25.1 Å². The predicted molar refractivity (Wildman–Crippen MR) is 97.7 cm³/mol. The summed E-state index contributed by atoms with van der Waals surface area (Å²) in [5.41, 5.74) is 3.65. The lowest BCUT2D eigenvalue weighted by Gasteiger charge is -2.25. The highest BCUT2D eigenvalue weighted by atomic mass is 16.2. The van der Waals surface area contributed by atoms with Crippen molar-refractivity contribution in [2.24, 2.45) is 0 Å². The van der Waals surface area contributed by atoms with E-state index >= 15 is 0 Å². The third-order valence-electron chi connectivity index (χ3n) is 4.67. The highest BCUT2D eigenvalue weighted by molar-refractivity contribution is 5.92. The smallest absolute Gasteiger partial charge is 0.272 e. The van der Waals surface area contributed by atoms with Crippen LogP contribution in [-0.2, 0) is 13.0 Å². The second kappa shape index (κ2) is 7.07. The molecule has 3 aromatic rings. The SMILES string of the molecule is Cc1ncc2c(n1)CCCC2NC(=O)c1ccn(Cc2ccccc2)n1. The van der Waals surface area contributed by atoms with Crippen LogP contribution in [0.25, 0.3) is 0 Å². The van der Waals surface area contributed by atoms with Crippen LogP contribution in [0.15, 0.2) is 48.8 Å². The molecule has 132 valence electrons. The van der Waals surface area contributed by atoms with Gasteiger partial charge in [-0.3, -0.25) is 9.48 Å². The molecule has 0 saturated carbocycles. The van der Waals surface area contributed by atoms with Crippen molar-refractivity contribution in [2.75, 3.05) is 0 Å². The van der Waals surface area contributed by atoms with Crippen molar-refractivity contribution >= 4 is 5.91 Å². The lowest BCUT2D eigenvalue weighted by molar-refractivity contribution is 0.0926. The van der Waals surface area contributed by atoms with Crippen LogP contribution in [0.4, 0.5) is 0 Å². The molecule has 6 heteroatoms. The van der Waals surface area contributed by atoms with E-state index in [0.29, 0.717) is 12.2 Å². The van der Waals surface area contributed by atoms with Crippen LogP contribution in [0.5, 0.6) is 0 Å². The Morgan fingerprint density at radius 3 is 2.96 bits per heavy atom. The minimum absolute atomic E-state index is 0.0499. The van der Waals surface area contributed by atoms with Gasteiger partial charge in [0.05, 0.1) is 12.6 Å². The summed E-state index contributed by atoms with van der Waals surface area (Å²) in [6.45, 7) is 2.54. The third-order valence-corrected chi connectivity index (χ3v) is 4.67. The molecule has 26 heavy (non-hydrogen) atoms. The highest BCUT2D eigenvalue weighted by Crippen LogP contribution is 2.28. The Hall–Kier alpha value is -3.02. The van der Waals surface area contributed by atoms with Gasteiger partial charge in [0.1, 0.15) is 11.5 Å². The number of benzene rings is 1. The molecule has 1 unspecified atom stereocenters. The van der Waals surface area contributed by atoms with Crippen molar-refractivity contribution in [1.29, 1.82) is 0 Å². The van der Waals surface area contributed by atoms with E-state index in [1.54, 1.807) is 10.7 Å². The Morgan fingerprint density at radius 2 is 2.12 bits per heavy atom. The first-order valence-electron chi connectivity index (χ1n) is 8.90. The second-order valence-electron chi connectivity index (χ2n) is 6.62. The van der Waals surface area contributed by atoms with Gasteiger partial charge in [0.2, 0.25) is 0 Å². The van der Waals surface area contributed by atoms with Crippen LogP contribution in [0.2, 0.25) is 0 Å². The van der Waals surface area contributed by atoms with Crippen LogP contribution < -0.4 is 5.32 Å². The molecule has 1 N–H and O–H groups in total. The van der Waals surface area contributed by atoms with Gasteiger partial charge in [-0.15, -0.1) is 0 Å². The topological polar surface area (TPSA) is 72.7 Å². The number of amides is 1. The molecule has 2 heterocycles. The lowest BCUT2D eigenvalue weighted by atomic mass is 9.92. The van der Waals surface area contributed by atoms with Crippen molar-refractivity contribution in [3.05, 3.63) is 77.1 Å². The number of rotatable bonds is 4. The molecule has 0 spiro atoms. The third kappa shape index (κ3) is 3.49. The molecule has 1 aliphatic rings. The van der Waals surface area contributed by atoms with Gasteiger partial charge < -0.3 is 5.32 Å². The number of nitrogens with zero attached hydrogens (tertiary/aromatic N) is 4. The number of hydrogen-bond acceptors (Lipinski definition) is 4. The minimum Gasteiger partial charge on any atom is -0.344 e. The normalized spacial score (nSPS) is 16.1. The van der Waals surface area contributed by atoms with Gasteiger partial charge in [-0.2, -0.15) is 5.10 Å². The minimum atomic E-state index is -0.157. The van der Waals surface area contributed by atoms with Gasteiger partial charge in [0.15, 0.2) is 0 Å². The summed E-state index contributed by atoms with van der Waals surface area (Å²) in [6, 6.07) is 11.8. The zero-order chi connectivity index (χ0) is 17.9. The maximum absolute atomic E-state index is 12.6. The summed E-state index contributed by atoms with van der Waals surface area (Å²) in [7, 11) is 0. The molecule has 0 saturated heterocycles. The van der Waals surface area contributed by atoms with Gasteiger partial charge in [-0.25, -0.2) is 9.97 Å². The van der Waals surface area contributed by atoms with Crippen LogP contribution in [0, 0.1) is 6.92 Å². The summed E-state index contributed by atoms with van der Waals surface area (Å²) >= 11 is 0. The molecule has 6 nitrogen and oxygen atoms in total. The Morgan fingerprint density at radius 1 is 1.27 bits per heavy atom. The Kier molecular flexibility index (Phi) is 4.48. The summed E-state index contributed by atoms with van der Waals surface area (Å²) in [4.78, 5) is 21.4. The van der Waals surface area contributed by atoms with Gasteiger partial charge in [0.25, 0.3) is 5.91 Å². The number of aromatic nitrogens is 4. The van der Waals surface area contributed by atoms with Gasteiger partial charge in [0, 0.05) is 23.7 Å². The molecule has 1 aliphatic carbocycles. The van der Waals surface area contributed by atoms with E-state index in [4.69, 9.17) is 0 Å². The highest BCUT2D eigenvalue weighted by Gasteiger charge is 2.24. The fourth-order valence-electron chi connectivity index (χ4n) is 3.37. The van der Waals surface area contributed by atoms with E-state index in [-0.39, 0.29) is 11.9 Å². The van der Waals surface area contributed by atoms with Crippen LogP contribution in [-0.4, -0.2) is 25.7 Å². The van der Waals surface area contributed by atoms with E-state index in [2.05, 4.69) is 20.4 Å². The predicted octanol–water partition coefficient (Wildman–Crippen LogP) is 2.84. The van der Waals surface area contributed by atoms with Gasteiger partial charge in [-0.05, 0) is 37.8 Å². The fraction of sp³-hybridized carbons (Fsp3) is 0.300. The molecule has 4 rings (SSSR count). The van der Waals surface area contributed by atoms with Crippen LogP contribution >= 0.6 is 0 Å². The Labute approximate surface area is 152 Å². The van der Waals surface area contributed by atoms with E-state index in [0.717, 1.165) is 41.9 Å². The number of hydrogen-bond donors (Lipinski definition) is 1. The van der Waals surface area contributed by atoms with E-state index in [1.165, 1.54) is 0 Å². The molecule has 2 aromatic heterocycles. The zero-order valence-corrected chi connectivity index (χ0v) is 14.7. The first-order chi connectivity index (χ1) is 12.7. The van der Waals surface area contributed by atoms with Crippen LogP contribution in [0.1, 0.15) is 52.0 Å². The van der Waals surface area contributed by atoms with Gasteiger partial charge in [-0.1, -0.05) is 30.3 Å². The van der Waals surface area contributed by atoms with E-state index in [9.17, 15) is 4.79 Å². The molecule has 0 radical (unpaired) electrons. The van der Waals surface area contributed by atoms with Crippen molar-refractivity contribution in [2.45, 2.75) is 38.8 Å². The average molecular weight is 347 g/mol. The molecule has 1 atom stereocenters. The van der Waals surface area contributed by atoms with Crippen molar-refractivity contribution in [3.8, 4) is 0 Å². The largest absolute Gasteiger partial charge is 0.344 e. The number of carbonyl (C=O) groups is 1. The van der Waals surface area contributed by atoms with Gasteiger partial charge >= 0.3 is 0 Å². The Balaban J connectivity index is 1.46. The quantitative estimate of drug-likeness (QED) is 0.788. The first-order valence-corrected chi connectivity index (χ1v) is 8.90. The second-order valence-corrected chi connectivity index (χ2v) is 6.62. The maximum Gasteiger partial charge on any atom is 0.272 e. The number of carbonyl (C=O) groups excluding carboxylic acids is 1. The average Bonchev–Trinajstić information content (AvgIpc) is 3.11. The molecule has 0 fully saturated rings. The summed E-state index contributed by atoms with van der Waals surface area (Å²) in [6.07, 6.45) is 6.53. The first kappa shape index (κ1) is 16.4. The fourth-order valence-corrected chi connectivity index (χ4v) is 3.37. The molecule has 0 aliphatic heterocycles. The summed E-state index contributed by atoms with van der Waals surface area (Å²) in [5, 5.41) is 7.51. The molecule has 1 amide bonds. The monoisotopic (exact) mass is 347 g/mol. The lowest BCUT2D eigenvalue weighted by Crippen LogP contribution is -2.32. The summed E-state index contributed by atoms with van der Waals surface area (Å²) < 4.78 is 1.78. The Bertz CT molecular complexity index is 919. The molecule has 1 aromatic carbocycles. The zero-order valence-electron chi connectivity index (χ0n) is 14.7.